The van der Waals surface area contributed by atoms with Gasteiger partial charge in [0.2, 0.25) is 10.0 Å². The number of allylic oxidation sites excluding steroid dienone is 1. The van der Waals surface area contributed by atoms with E-state index in [1.807, 2.05) is 12.1 Å². The van der Waals surface area contributed by atoms with E-state index in [0.29, 0.717) is 22.4 Å². The normalized spacial score (nSPS) is 11.6. The zero-order chi connectivity index (χ0) is 25.6. The molecule has 180 valence electrons. The first kappa shape index (κ1) is 25.5. The van der Waals surface area contributed by atoms with Gasteiger partial charge in [-0.15, -0.1) is 0 Å². The highest BCUT2D eigenvalue weighted by Gasteiger charge is 2.19. The third-order valence-electron chi connectivity index (χ3n) is 5.09. The average molecular weight is 493 g/mol. The number of methoxy groups -OCH3 is 2. The van der Waals surface area contributed by atoms with E-state index in [9.17, 15) is 18.5 Å². The molecule has 0 spiro atoms. The number of nitrogens with zero attached hydrogens (tertiary/aromatic N) is 2. The van der Waals surface area contributed by atoms with Crippen LogP contribution in [0.1, 0.15) is 21.5 Å². The van der Waals surface area contributed by atoms with E-state index in [2.05, 4.69) is 6.07 Å². The van der Waals surface area contributed by atoms with E-state index in [0.717, 1.165) is 4.31 Å². The van der Waals surface area contributed by atoms with Gasteiger partial charge in [0, 0.05) is 19.7 Å². The summed E-state index contributed by atoms with van der Waals surface area (Å²) in [5, 5.41) is 9.67. The SMILES string of the molecule is COc1cc(/C=C(/C#N)c2ccccc2OC)ccc1OC(=O)c1ccc(S(=O)(=O)N(C)C)cc1. The van der Waals surface area contributed by atoms with Crippen LogP contribution in [-0.4, -0.2) is 47.0 Å². The highest BCUT2D eigenvalue weighted by molar-refractivity contribution is 7.89. The number of sulfonamides is 1. The molecule has 0 bridgehead atoms. The average Bonchev–Trinajstić information content (AvgIpc) is 2.87. The van der Waals surface area contributed by atoms with Gasteiger partial charge < -0.3 is 14.2 Å². The first-order chi connectivity index (χ1) is 16.7. The van der Waals surface area contributed by atoms with Crippen LogP contribution in [0.15, 0.2) is 71.6 Å². The second-order valence-corrected chi connectivity index (χ2v) is 9.63. The van der Waals surface area contributed by atoms with Gasteiger partial charge in [0.1, 0.15) is 5.75 Å². The third-order valence-corrected chi connectivity index (χ3v) is 6.92. The van der Waals surface area contributed by atoms with Crippen LogP contribution >= 0.6 is 0 Å². The van der Waals surface area contributed by atoms with Gasteiger partial charge >= 0.3 is 5.97 Å². The van der Waals surface area contributed by atoms with Crippen molar-refractivity contribution in [1.82, 2.24) is 4.31 Å². The Kier molecular flexibility index (Phi) is 7.91. The summed E-state index contributed by atoms with van der Waals surface area (Å²) in [6.07, 6.45) is 1.68. The fourth-order valence-corrected chi connectivity index (χ4v) is 4.10. The van der Waals surface area contributed by atoms with Gasteiger partial charge in [-0.2, -0.15) is 5.26 Å². The summed E-state index contributed by atoms with van der Waals surface area (Å²) in [4.78, 5) is 12.7. The molecule has 0 amide bonds. The number of carbonyl (C=O) groups excluding carboxylic acids is 1. The van der Waals surface area contributed by atoms with Crippen molar-refractivity contribution >= 4 is 27.6 Å². The van der Waals surface area contributed by atoms with Gasteiger partial charge in [-0.05, 0) is 60.2 Å². The number of rotatable bonds is 8. The Morgan fingerprint density at radius 1 is 0.914 bits per heavy atom. The molecule has 0 unspecified atom stereocenters. The van der Waals surface area contributed by atoms with Crippen molar-refractivity contribution in [2.45, 2.75) is 4.90 Å². The predicted octanol–water partition coefficient (Wildman–Crippen LogP) is 4.24. The highest BCUT2D eigenvalue weighted by atomic mass is 32.2. The van der Waals surface area contributed by atoms with Gasteiger partial charge in [0.05, 0.1) is 36.3 Å². The molecule has 3 aromatic rings. The van der Waals surface area contributed by atoms with E-state index >= 15 is 0 Å². The second-order valence-electron chi connectivity index (χ2n) is 7.48. The number of benzene rings is 3. The van der Waals surface area contributed by atoms with Gasteiger partial charge in [0.25, 0.3) is 0 Å². The number of carbonyl (C=O) groups is 1. The molecule has 0 saturated heterocycles. The number of ether oxygens (including phenoxy) is 3. The Hall–Kier alpha value is -4.13. The fourth-order valence-electron chi connectivity index (χ4n) is 3.19. The largest absolute Gasteiger partial charge is 0.496 e. The summed E-state index contributed by atoms with van der Waals surface area (Å²) in [5.41, 5.74) is 1.87. The summed E-state index contributed by atoms with van der Waals surface area (Å²) >= 11 is 0. The lowest BCUT2D eigenvalue weighted by atomic mass is 10.0. The highest BCUT2D eigenvalue weighted by Crippen LogP contribution is 2.32. The molecule has 0 N–H and O–H groups in total. The summed E-state index contributed by atoms with van der Waals surface area (Å²) in [6, 6.07) is 19.7. The first-order valence-electron chi connectivity index (χ1n) is 10.4. The monoisotopic (exact) mass is 492 g/mol. The van der Waals surface area contributed by atoms with E-state index < -0.39 is 16.0 Å². The van der Waals surface area contributed by atoms with Crippen molar-refractivity contribution in [2.24, 2.45) is 0 Å². The smallest absolute Gasteiger partial charge is 0.343 e. The molecule has 0 atom stereocenters. The molecule has 0 aliphatic carbocycles. The molecular weight excluding hydrogens is 468 g/mol. The lowest BCUT2D eigenvalue weighted by Crippen LogP contribution is -2.22. The Bertz CT molecular complexity index is 1400. The van der Waals surface area contributed by atoms with Crippen LogP contribution in [0, 0.1) is 11.3 Å². The van der Waals surface area contributed by atoms with Gasteiger partial charge in [0.15, 0.2) is 11.5 Å². The number of para-hydroxylation sites is 1. The predicted molar refractivity (Wildman–Crippen MR) is 132 cm³/mol. The van der Waals surface area contributed by atoms with Crippen LogP contribution < -0.4 is 14.2 Å². The molecule has 3 aromatic carbocycles. The van der Waals surface area contributed by atoms with Crippen molar-refractivity contribution in [3.05, 3.63) is 83.4 Å². The Morgan fingerprint density at radius 2 is 1.57 bits per heavy atom. The first-order valence-corrected chi connectivity index (χ1v) is 11.8. The fraction of sp³-hybridized carbons (Fsp3) is 0.154. The van der Waals surface area contributed by atoms with Crippen LogP contribution in [0.5, 0.6) is 17.2 Å². The maximum atomic E-state index is 12.6. The number of hydrogen-bond donors (Lipinski definition) is 0. The van der Waals surface area contributed by atoms with Crippen molar-refractivity contribution in [3.63, 3.8) is 0 Å². The molecule has 9 heteroatoms. The minimum atomic E-state index is -3.61. The van der Waals surface area contributed by atoms with E-state index in [1.54, 1.807) is 36.4 Å². The quantitative estimate of drug-likeness (QED) is 0.200. The molecule has 0 aliphatic heterocycles. The van der Waals surface area contributed by atoms with Gasteiger partial charge in [-0.25, -0.2) is 17.5 Å². The molecule has 8 nitrogen and oxygen atoms in total. The summed E-state index contributed by atoms with van der Waals surface area (Å²) < 4.78 is 41.7. The zero-order valence-corrected chi connectivity index (χ0v) is 20.5. The van der Waals surface area contributed by atoms with Gasteiger partial charge in [-0.1, -0.05) is 18.2 Å². The van der Waals surface area contributed by atoms with Crippen LogP contribution in [0.2, 0.25) is 0 Å². The number of hydrogen-bond acceptors (Lipinski definition) is 7. The Balaban J connectivity index is 1.85. The Morgan fingerprint density at radius 3 is 2.17 bits per heavy atom. The van der Waals surface area contributed by atoms with Crippen LogP contribution in [0.3, 0.4) is 0 Å². The maximum Gasteiger partial charge on any atom is 0.343 e. The zero-order valence-electron chi connectivity index (χ0n) is 19.7. The summed E-state index contributed by atoms with van der Waals surface area (Å²) in [6.45, 7) is 0. The molecule has 3 rings (SSSR count). The summed E-state index contributed by atoms with van der Waals surface area (Å²) in [5.74, 6) is 0.362. The van der Waals surface area contributed by atoms with Crippen LogP contribution in [0.25, 0.3) is 11.6 Å². The van der Waals surface area contributed by atoms with Crippen molar-refractivity contribution in [1.29, 1.82) is 5.26 Å². The second kappa shape index (κ2) is 10.9. The third kappa shape index (κ3) is 5.69. The van der Waals surface area contributed by atoms with E-state index in [4.69, 9.17) is 14.2 Å². The van der Waals surface area contributed by atoms with Crippen molar-refractivity contribution in [3.8, 4) is 23.3 Å². The standard InChI is InChI=1S/C26H24N2O6S/c1-28(2)35(30,31)21-12-10-19(11-13-21)26(29)34-24-14-9-18(16-25(24)33-4)15-20(17-27)22-7-5-6-8-23(22)32-3/h5-16H,1-4H3/b20-15-. The molecule has 0 fully saturated rings. The molecule has 0 saturated carbocycles. The van der Waals surface area contributed by atoms with E-state index in [1.165, 1.54) is 52.6 Å². The molecule has 0 radical (unpaired) electrons. The molecular formula is C26H24N2O6S. The maximum absolute atomic E-state index is 12.6. The molecule has 35 heavy (non-hydrogen) atoms. The number of nitriles is 1. The molecule has 0 aliphatic rings. The number of esters is 1. The Labute approximate surface area is 204 Å². The molecule has 0 aromatic heterocycles. The topological polar surface area (TPSA) is 106 Å². The summed E-state index contributed by atoms with van der Waals surface area (Å²) in [7, 11) is 2.23. The lowest BCUT2D eigenvalue weighted by molar-refractivity contribution is 0.0729. The van der Waals surface area contributed by atoms with Gasteiger partial charge in [-0.3, -0.25) is 0 Å². The minimum absolute atomic E-state index is 0.0658. The molecule has 0 heterocycles. The minimum Gasteiger partial charge on any atom is -0.496 e. The van der Waals surface area contributed by atoms with Crippen molar-refractivity contribution < 1.29 is 27.4 Å². The lowest BCUT2D eigenvalue weighted by Gasteiger charge is -2.12. The van der Waals surface area contributed by atoms with Crippen molar-refractivity contribution in [2.75, 3.05) is 28.3 Å². The van der Waals surface area contributed by atoms with Crippen LogP contribution in [0.4, 0.5) is 0 Å². The van der Waals surface area contributed by atoms with Crippen LogP contribution in [-0.2, 0) is 10.0 Å². The van der Waals surface area contributed by atoms with E-state index in [-0.39, 0.29) is 22.0 Å².